The molecule has 0 aliphatic carbocycles. The molecule has 1 amide bonds. The fourth-order valence-electron chi connectivity index (χ4n) is 3.06. The zero-order valence-corrected chi connectivity index (χ0v) is 20.0. The van der Waals surface area contributed by atoms with E-state index in [0.717, 1.165) is 18.2 Å². The molecule has 0 saturated heterocycles. The molecular formula is C25H23FN2O6S. The van der Waals surface area contributed by atoms with Gasteiger partial charge in [-0.2, -0.15) is 0 Å². The minimum absolute atomic E-state index is 0.0689. The van der Waals surface area contributed by atoms with Crippen molar-refractivity contribution in [1.29, 1.82) is 0 Å². The Kier molecular flexibility index (Phi) is 7.65. The fourth-order valence-corrected chi connectivity index (χ4v) is 4.39. The van der Waals surface area contributed by atoms with Crippen molar-refractivity contribution < 1.29 is 31.9 Å². The Morgan fingerprint density at radius 1 is 0.886 bits per heavy atom. The van der Waals surface area contributed by atoms with Crippen LogP contribution in [0.15, 0.2) is 71.6 Å². The molecule has 3 aromatic carbocycles. The van der Waals surface area contributed by atoms with E-state index in [1.165, 1.54) is 38.1 Å². The molecule has 0 aliphatic heterocycles. The van der Waals surface area contributed by atoms with Crippen LogP contribution in [-0.2, 0) is 19.6 Å². The molecule has 0 aromatic heterocycles. The molecule has 0 spiro atoms. The zero-order chi connectivity index (χ0) is 25.8. The Morgan fingerprint density at radius 2 is 1.46 bits per heavy atom. The van der Waals surface area contributed by atoms with Crippen LogP contribution >= 0.6 is 0 Å². The molecule has 0 saturated carbocycles. The van der Waals surface area contributed by atoms with Gasteiger partial charge in [0, 0.05) is 16.9 Å². The van der Waals surface area contributed by atoms with Crippen LogP contribution in [0.1, 0.15) is 40.1 Å². The first-order valence-electron chi connectivity index (χ1n) is 10.5. The molecule has 0 aliphatic rings. The maximum atomic E-state index is 13.1. The van der Waals surface area contributed by atoms with Crippen LogP contribution in [0.5, 0.6) is 0 Å². The third-order valence-electron chi connectivity index (χ3n) is 5.02. The van der Waals surface area contributed by atoms with E-state index < -0.39 is 33.8 Å². The van der Waals surface area contributed by atoms with Gasteiger partial charge in [-0.3, -0.25) is 14.3 Å². The molecule has 10 heteroatoms. The summed E-state index contributed by atoms with van der Waals surface area (Å²) in [6.45, 7) is 4.36. The summed E-state index contributed by atoms with van der Waals surface area (Å²) in [5, 5.41) is 2.58. The Bertz CT molecular complexity index is 1370. The maximum Gasteiger partial charge on any atom is 0.338 e. The first-order chi connectivity index (χ1) is 16.5. The number of ether oxygens (including phenoxy) is 1. The third kappa shape index (κ3) is 6.51. The van der Waals surface area contributed by atoms with Crippen molar-refractivity contribution in [1.82, 2.24) is 0 Å². The number of carbonyl (C=O) groups excluding carboxylic acids is 3. The van der Waals surface area contributed by atoms with E-state index in [0.29, 0.717) is 16.8 Å². The smallest absolute Gasteiger partial charge is 0.338 e. The summed E-state index contributed by atoms with van der Waals surface area (Å²) in [4.78, 5) is 36.2. The fraction of sp³-hybridized carbons (Fsp3) is 0.160. The summed E-state index contributed by atoms with van der Waals surface area (Å²) in [5.41, 5.74) is 1.36. The highest BCUT2D eigenvalue weighted by molar-refractivity contribution is 7.92. The Balaban J connectivity index is 1.71. The highest BCUT2D eigenvalue weighted by Gasteiger charge is 2.23. The van der Waals surface area contributed by atoms with Gasteiger partial charge in [-0.15, -0.1) is 0 Å². The number of ketones is 1. The predicted octanol–water partition coefficient (Wildman–Crippen LogP) is 4.32. The molecule has 1 unspecified atom stereocenters. The molecule has 1 atom stereocenters. The minimum Gasteiger partial charge on any atom is -0.449 e. The number of aryl methyl sites for hydroxylation is 1. The molecule has 3 rings (SSSR count). The quantitative estimate of drug-likeness (QED) is 0.353. The Hall–Kier alpha value is -4.05. The molecule has 2 N–H and O–H groups in total. The number of esters is 1. The molecule has 0 fully saturated rings. The van der Waals surface area contributed by atoms with Crippen molar-refractivity contribution in [3.05, 3.63) is 89.2 Å². The van der Waals surface area contributed by atoms with Crippen LogP contribution in [0, 0.1) is 12.7 Å². The average molecular weight is 499 g/mol. The zero-order valence-electron chi connectivity index (χ0n) is 19.2. The van der Waals surface area contributed by atoms with Crippen molar-refractivity contribution in [2.45, 2.75) is 31.8 Å². The van der Waals surface area contributed by atoms with Gasteiger partial charge in [0.25, 0.3) is 15.9 Å². The van der Waals surface area contributed by atoms with E-state index in [2.05, 4.69) is 10.0 Å². The van der Waals surface area contributed by atoms with Gasteiger partial charge in [0.05, 0.1) is 10.5 Å². The van der Waals surface area contributed by atoms with Gasteiger partial charge in [-0.1, -0.05) is 6.07 Å². The van der Waals surface area contributed by atoms with Crippen LogP contribution in [0.4, 0.5) is 15.8 Å². The summed E-state index contributed by atoms with van der Waals surface area (Å²) in [6.07, 6.45) is -1.19. The van der Waals surface area contributed by atoms with Gasteiger partial charge < -0.3 is 10.1 Å². The first kappa shape index (κ1) is 25.6. The first-order valence-corrected chi connectivity index (χ1v) is 12.0. The van der Waals surface area contributed by atoms with E-state index >= 15 is 0 Å². The average Bonchev–Trinajstić information content (AvgIpc) is 2.80. The number of nitrogens with one attached hydrogen (secondary N) is 2. The van der Waals surface area contributed by atoms with Crippen molar-refractivity contribution >= 4 is 39.1 Å². The van der Waals surface area contributed by atoms with Crippen molar-refractivity contribution in [2.75, 3.05) is 10.0 Å². The highest BCUT2D eigenvalue weighted by atomic mass is 32.2. The topological polar surface area (TPSA) is 119 Å². The largest absolute Gasteiger partial charge is 0.449 e. The van der Waals surface area contributed by atoms with Gasteiger partial charge in [-0.05, 0) is 87.0 Å². The number of hydrogen-bond acceptors (Lipinski definition) is 6. The second-order valence-corrected chi connectivity index (χ2v) is 9.41. The Labute approximate surface area is 202 Å². The predicted molar refractivity (Wildman–Crippen MR) is 128 cm³/mol. The van der Waals surface area contributed by atoms with Crippen molar-refractivity contribution in [2.24, 2.45) is 0 Å². The summed E-state index contributed by atoms with van der Waals surface area (Å²) >= 11 is 0. The molecule has 8 nitrogen and oxygen atoms in total. The van der Waals surface area contributed by atoms with E-state index in [1.807, 2.05) is 0 Å². The lowest BCUT2D eigenvalue weighted by molar-refractivity contribution is -0.123. The molecule has 3 aromatic rings. The number of carbonyl (C=O) groups is 3. The number of sulfonamides is 1. The van der Waals surface area contributed by atoms with Gasteiger partial charge in [0.2, 0.25) is 0 Å². The molecule has 0 radical (unpaired) electrons. The van der Waals surface area contributed by atoms with E-state index in [1.54, 1.807) is 31.2 Å². The van der Waals surface area contributed by atoms with Crippen LogP contribution in [0.3, 0.4) is 0 Å². The second-order valence-electron chi connectivity index (χ2n) is 7.76. The van der Waals surface area contributed by atoms with Crippen LogP contribution < -0.4 is 10.0 Å². The molecule has 182 valence electrons. The molecule has 0 heterocycles. The summed E-state index contributed by atoms with van der Waals surface area (Å²) in [5.74, 6) is -2.12. The number of anilines is 2. The molecule has 0 bridgehead atoms. The summed E-state index contributed by atoms with van der Waals surface area (Å²) in [7, 11) is -4.09. The minimum atomic E-state index is -4.09. The number of amides is 1. The lowest BCUT2D eigenvalue weighted by Crippen LogP contribution is -2.30. The lowest BCUT2D eigenvalue weighted by Gasteiger charge is -2.15. The summed E-state index contributed by atoms with van der Waals surface area (Å²) < 4.78 is 46.3. The van der Waals surface area contributed by atoms with Gasteiger partial charge in [0.1, 0.15) is 5.82 Å². The summed E-state index contributed by atoms with van der Waals surface area (Å²) in [6, 6.07) is 15.0. The van der Waals surface area contributed by atoms with Gasteiger partial charge in [-0.25, -0.2) is 17.6 Å². The van der Waals surface area contributed by atoms with E-state index in [4.69, 9.17) is 4.74 Å². The third-order valence-corrected chi connectivity index (χ3v) is 6.55. The SMILES string of the molecule is CC(=O)c1ccc(NC(=O)C(C)OC(=O)c2ccc(C)c(S(=O)(=O)Nc3ccc(F)cc3)c2)cc1. The van der Waals surface area contributed by atoms with Crippen LogP contribution in [-0.4, -0.2) is 32.2 Å². The van der Waals surface area contributed by atoms with Crippen molar-refractivity contribution in [3.63, 3.8) is 0 Å². The van der Waals surface area contributed by atoms with Crippen LogP contribution in [0.25, 0.3) is 0 Å². The second kappa shape index (κ2) is 10.5. The molecular weight excluding hydrogens is 475 g/mol. The van der Waals surface area contributed by atoms with Crippen molar-refractivity contribution in [3.8, 4) is 0 Å². The van der Waals surface area contributed by atoms with E-state index in [9.17, 15) is 27.2 Å². The number of hydrogen-bond donors (Lipinski definition) is 2. The number of benzene rings is 3. The highest BCUT2D eigenvalue weighted by Crippen LogP contribution is 2.22. The standard InChI is InChI=1S/C25H23FN2O6S/c1-15-4-5-19(14-23(15)35(32,33)28-22-12-8-20(26)9-13-22)25(31)34-17(3)24(30)27-21-10-6-18(7-11-21)16(2)29/h4-14,17,28H,1-3H3,(H,27,30). The maximum absolute atomic E-state index is 13.1. The number of rotatable bonds is 8. The number of halogens is 1. The van der Waals surface area contributed by atoms with Crippen LogP contribution in [0.2, 0.25) is 0 Å². The van der Waals surface area contributed by atoms with Gasteiger partial charge in [0.15, 0.2) is 11.9 Å². The molecule has 35 heavy (non-hydrogen) atoms. The Morgan fingerprint density at radius 3 is 2.06 bits per heavy atom. The normalized spacial score (nSPS) is 11.9. The monoisotopic (exact) mass is 498 g/mol. The number of Topliss-reactive ketones (excluding diaryl/α,β-unsaturated/α-hetero) is 1. The lowest BCUT2D eigenvalue weighted by atomic mass is 10.1. The van der Waals surface area contributed by atoms with E-state index in [-0.39, 0.29) is 21.9 Å². The van der Waals surface area contributed by atoms with Gasteiger partial charge >= 0.3 is 5.97 Å².